The van der Waals surface area contributed by atoms with Crippen LogP contribution in [0.1, 0.15) is 0 Å². The molecule has 0 N–H and O–H groups in total. The number of benzene rings is 2. The van der Waals surface area contributed by atoms with Gasteiger partial charge >= 0.3 is 6.36 Å². The topological polar surface area (TPSA) is 9.23 Å². The second kappa shape index (κ2) is 5.02. The van der Waals surface area contributed by atoms with E-state index in [-0.39, 0.29) is 5.75 Å². The molecule has 0 bridgehead atoms. The lowest BCUT2D eigenvalue weighted by molar-refractivity contribution is -0.274. The number of hydrogen-bond acceptors (Lipinski definition) is 1. The van der Waals surface area contributed by atoms with Crippen molar-refractivity contribution in [3.05, 3.63) is 53.0 Å². The van der Waals surface area contributed by atoms with Crippen molar-refractivity contribution in [2.24, 2.45) is 0 Å². The van der Waals surface area contributed by atoms with Crippen LogP contribution in [0.4, 0.5) is 13.2 Å². The van der Waals surface area contributed by atoms with Crippen LogP contribution in [0.2, 0.25) is 0 Å². The van der Waals surface area contributed by atoms with Gasteiger partial charge in [-0.1, -0.05) is 46.3 Å². The summed E-state index contributed by atoms with van der Waals surface area (Å²) in [4.78, 5) is 0. The highest BCUT2D eigenvalue weighted by Gasteiger charge is 2.32. The van der Waals surface area contributed by atoms with Gasteiger partial charge in [0.1, 0.15) is 5.75 Å². The molecule has 0 unspecified atom stereocenters. The van der Waals surface area contributed by atoms with E-state index in [1.165, 1.54) is 6.07 Å². The molecule has 0 aliphatic carbocycles. The van der Waals surface area contributed by atoms with Crippen LogP contribution in [0, 0.1) is 0 Å². The summed E-state index contributed by atoms with van der Waals surface area (Å²) >= 11 is 3.13. The summed E-state index contributed by atoms with van der Waals surface area (Å²) < 4.78 is 41.6. The second-order valence-corrected chi connectivity index (χ2v) is 4.47. The highest BCUT2D eigenvalue weighted by Crippen LogP contribution is 2.35. The first kappa shape index (κ1) is 13.0. The molecule has 5 heteroatoms. The molecule has 0 fully saturated rings. The third-order valence-electron chi connectivity index (χ3n) is 2.25. The molecule has 1 nitrogen and oxygen atoms in total. The smallest absolute Gasteiger partial charge is 0.405 e. The van der Waals surface area contributed by atoms with Crippen molar-refractivity contribution in [3.8, 4) is 16.9 Å². The Hall–Kier alpha value is -1.49. The molecule has 0 aliphatic heterocycles. The van der Waals surface area contributed by atoms with Crippen molar-refractivity contribution < 1.29 is 17.9 Å². The van der Waals surface area contributed by atoms with E-state index in [0.717, 1.165) is 0 Å². The molecule has 2 rings (SSSR count). The number of ether oxygens (including phenoxy) is 1. The Bertz CT molecular complexity index is 538. The summed E-state index contributed by atoms with van der Waals surface area (Å²) in [6.45, 7) is 0. The summed E-state index contributed by atoms with van der Waals surface area (Å²) in [5, 5.41) is 0. The standard InChI is InChI=1S/C13H8BrF3O/c14-10-6-7-11(9-4-2-1-3-5-9)12(8-10)18-13(15,16)17/h1-8H. The molecule has 0 heterocycles. The molecule has 0 aromatic heterocycles. The van der Waals surface area contributed by atoms with Gasteiger partial charge in [0.25, 0.3) is 0 Å². The lowest BCUT2D eigenvalue weighted by atomic mass is 10.1. The van der Waals surface area contributed by atoms with Crippen LogP contribution >= 0.6 is 15.9 Å². The van der Waals surface area contributed by atoms with Crippen LogP contribution in [0.3, 0.4) is 0 Å². The van der Waals surface area contributed by atoms with Gasteiger partial charge in [-0.15, -0.1) is 13.2 Å². The van der Waals surface area contributed by atoms with E-state index in [1.807, 2.05) is 0 Å². The molecule has 2 aromatic rings. The van der Waals surface area contributed by atoms with Crippen LogP contribution < -0.4 is 4.74 Å². The van der Waals surface area contributed by atoms with Crippen molar-refractivity contribution in [2.45, 2.75) is 6.36 Å². The largest absolute Gasteiger partial charge is 0.573 e. The molecule has 2 aromatic carbocycles. The molecule has 18 heavy (non-hydrogen) atoms. The number of hydrogen-bond donors (Lipinski definition) is 0. The maximum Gasteiger partial charge on any atom is 0.573 e. The van der Waals surface area contributed by atoms with Crippen LogP contribution in [0.15, 0.2) is 53.0 Å². The number of alkyl halides is 3. The fourth-order valence-electron chi connectivity index (χ4n) is 1.56. The summed E-state index contributed by atoms with van der Waals surface area (Å²) in [6.07, 6.45) is -4.70. The van der Waals surface area contributed by atoms with Crippen molar-refractivity contribution in [1.82, 2.24) is 0 Å². The Labute approximate surface area is 110 Å². The Kier molecular flexibility index (Phi) is 3.61. The molecule has 0 atom stereocenters. The highest BCUT2D eigenvalue weighted by molar-refractivity contribution is 9.10. The Balaban J connectivity index is 2.47. The zero-order valence-corrected chi connectivity index (χ0v) is 10.6. The van der Waals surface area contributed by atoms with E-state index in [2.05, 4.69) is 20.7 Å². The maximum atomic E-state index is 12.3. The fourth-order valence-corrected chi connectivity index (χ4v) is 1.90. The van der Waals surface area contributed by atoms with Gasteiger partial charge in [0, 0.05) is 10.0 Å². The summed E-state index contributed by atoms with van der Waals surface area (Å²) in [5.74, 6) is -0.219. The lowest BCUT2D eigenvalue weighted by Crippen LogP contribution is -2.17. The van der Waals surface area contributed by atoms with E-state index < -0.39 is 6.36 Å². The second-order valence-electron chi connectivity index (χ2n) is 3.55. The predicted octanol–water partition coefficient (Wildman–Crippen LogP) is 5.01. The van der Waals surface area contributed by atoms with Crippen LogP contribution in [-0.4, -0.2) is 6.36 Å². The van der Waals surface area contributed by atoms with Crippen LogP contribution in [0.5, 0.6) is 5.75 Å². The molecule has 0 radical (unpaired) electrons. The van der Waals surface area contributed by atoms with Gasteiger partial charge in [-0.2, -0.15) is 0 Å². The van der Waals surface area contributed by atoms with Crippen LogP contribution in [0.25, 0.3) is 11.1 Å². The molecule has 0 aliphatic rings. The first-order chi connectivity index (χ1) is 8.46. The molecular formula is C13H8BrF3O. The minimum atomic E-state index is -4.70. The number of halogens is 4. The first-order valence-corrected chi connectivity index (χ1v) is 5.86. The highest BCUT2D eigenvalue weighted by atomic mass is 79.9. The summed E-state index contributed by atoms with van der Waals surface area (Å²) in [7, 11) is 0. The normalized spacial score (nSPS) is 11.3. The molecule has 0 saturated carbocycles. The molecule has 0 saturated heterocycles. The van der Waals surface area contributed by atoms with Gasteiger partial charge in [-0.25, -0.2) is 0 Å². The Morgan fingerprint density at radius 3 is 2.22 bits per heavy atom. The van der Waals surface area contributed by atoms with Gasteiger partial charge in [-0.05, 0) is 23.8 Å². The minimum Gasteiger partial charge on any atom is -0.405 e. The van der Waals surface area contributed by atoms with E-state index in [9.17, 15) is 13.2 Å². The van der Waals surface area contributed by atoms with Crippen molar-refractivity contribution >= 4 is 15.9 Å². The number of rotatable bonds is 2. The molecule has 94 valence electrons. The lowest BCUT2D eigenvalue weighted by Gasteiger charge is -2.13. The fraction of sp³-hybridized carbons (Fsp3) is 0.0769. The van der Waals surface area contributed by atoms with Crippen LogP contribution in [-0.2, 0) is 0 Å². The van der Waals surface area contributed by atoms with E-state index in [1.54, 1.807) is 42.5 Å². The van der Waals surface area contributed by atoms with Crippen molar-refractivity contribution in [1.29, 1.82) is 0 Å². The third-order valence-corrected chi connectivity index (χ3v) is 2.75. The van der Waals surface area contributed by atoms with E-state index in [4.69, 9.17) is 0 Å². The maximum absolute atomic E-state index is 12.3. The van der Waals surface area contributed by atoms with Gasteiger partial charge in [0.2, 0.25) is 0 Å². The predicted molar refractivity (Wildman–Crippen MR) is 66.3 cm³/mol. The minimum absolute atomic E-state index is 0.219. The Morgan fingerprint density at radius 1 is 0.944 bits per heavy atom. The monoisotopic (exact) mass is 316 g/mol. The van der Waals surface area contributed by atoms with Gasteiger partial charge in [-0.3, -0.25) is 0 Å². The van der Waals surface area contributed by atoms with Crippen molar-refractivity contribution in [2.75, 3.05) is 0 Å². The first-order valence-electron chi connectivity index (χ1n) is 5.06. The van der Waals surface area contributed by atoms with Gasteiger partial charge in [0.05, 0.1) is 0 Å². The average molecular weight is 317 g/mol. The SMILES string of the molecule is FC(F)(F)Oc1cc(Br)ccc1-c1ccccc1. The zero-order valence-electron chi connectivity index (χ0n) is 9.04. The zero-order chi connectivity index (χ0) is 13.2. The Morgan fingerprint density at radius 2 is 1.61 bits per heavy atom. The average Bonchev–Trinajstić information content (AvgIpc) is 2.28. The van der Waals surface area contributed by atoms with E-state index in [0.29, 0.717) is 15.6 Å². The quantitative estimate of drug-likeness (QED) is 0.756. The summed E-state index contributed by atoms with van der Waals surface area (Å²) in [6, 6.07) is 13.3. The van der Waals surface area contributed by atoms with E-state index >= 15 is 0 Å². The molecule has 0 spiro atoms. The molecule has 0 amide bonds. The van der Waals surface area contributed by atoms with Gasteiger partial charge < -0.3 is 4.74 Å². The molecular weight excluding hydrogens is 309 g/mol. The van der Waals surface area contributed by atoms with Gasteiger partial charge in [0.15, 0.2) is 0 Å². The van der Waals surface area contributed by atoms with Crippen molar-refractivity contribution in [3.63, 3.8) is 0 Å². The third kappa shape index (κ3) is 3.26. The summed E-state index contributed by atoms with van der Waals surface area (Å²) in [5.41, 5.74) is 1.07.